The van der Waals surface area contributed by atoms with Crippen LogP contribution in [-0.4, -0.2) is 9.55 Å². The van der Waals surface area contributed by atoms with Gasteiger partial charge in [-0.25, -0.2) is 0 Å². The third-order valence-electron chi connectivity index (χ3n) is 4.05. The molecular formula is C17H12Cl2F3N2. The lowest BCUT2D eigenvalue weighted by molar-refractivity contribution is -0.137. The summed E-state index contributed by atoms with van der Waals surface area (Å²) in [6.45, 7) is 1.67. The molecule has 0 aliphatic carbocycles. The first-order valence-electron chi connectivity index (χ1n) is 7.05. The van der Waals surface area contributed by atoms with E-state index in [-0.39, 0.29) is 0 Å². The maximum Gasteiger partial charge on any atom is 0.416 e. The van der Waals surface area contributed by atoms with Gasteiger partial charge in [0.25, 0.3) is 0 Å². The number of hydrogen-bond donors (Lipinski definition) is 0. The first kappa shape index (κ1) is 17.1. The second kappa shape index (κ2) is 5.97. The van der Waals surface area contributed by atoms with E-state index in [4.69, 9.17) is 23.2 Å². The van der Waals surface area contributed by atoms with Crippen LogP contribution in [0, 0.1) is 13.1 Å². The Balaban J connectivity index is 2.14. The molecule has 1 radical (unpaired) electrons. The molecule has 0 atom stereocenters. The van der Waals surface area contributed by atoms with E-state index in [2.05, 4.69) is 11.2 Å². The van der Waals surface area contributed by atoms with Gasteiger partial charge in [0.05, 0.1) is 15.6 Å². The van der Waals surface area contributed by atoms with Gasteiger partial charge >= 0.3 is 6.18 Å². The fraction of sp³-hybridized carbons (Fsp3) is 0.235. The van der Waals surface area contributed by atoms with Crippen LogP contribution in [0.25, 0.3) is 10.9 Å². The van der Waals surface area contributed by atoms with E-state index in [1.165, 1.54) is 6.20 Å². The second-order valence-corrected chi connectivity index (χ2v) is 6.39. The van der Waals surface area contributed by atoms with E-state index < -0.39 is 11.7 Å². The normalized spacial score (nSPS) is 12.1. The Bertz CT molecular complexity index is 909. The molecule has 0 N–H and O–H groups in total. The van der Waals surface area contributed by atoms with Gasteiger partial charge in [-0.2, -0.15) is 13.2 Å². The van der Waals surface area contributed by atoms with Crippen LogP contribution in [0.3, 0.4) is 0 Å². The molecule has 24 heavy (non-hydrogen) atoms. The topological polar surface area (TPSA) is 17.8 Å². The summed E-state index contributed by atoms with van der Waals surface area (Å²) in [5.41, 5.74) is 1.88. The Hall–Kier alpha value is -1.72. The molecule has 0 aliphatic rings. The zero-order valence-corrected chi connectivity index (χ0v) is 14.3. The number of aryl methyl sites for hydroxylation is 2. The smallest absolute Gasteiger partial charge is 0.347 e. The van der Waals surface area contributed by atoms with Crippen molar-refractivity contribution in [3.63, 3.8) is 0 Å². The third-order valence-corrected chi connectivity index (χ3v) is 4.69. The summed E-state index contributed by atoms with van der Waals surface area (Å²) in [6, 6.07) is 4.18. The summed E-state index contributed by atoms with van der Waals surface area (Å²) in [6.07, 6.45) is 0.0692. The molecule has 2 nitrogen and oxygen atoms in total. The van der Waals surface area contributed by atoms with E-state index in [1.807, 2.05) is 6.07 Å². The molecule has 0 saturated heterocycles. The minimum Gasteiger partial charge on any atom is -0.347 e. The summed E-state index contributed by atoms with van der Waals surface area (Å²) >= 11 is 12.2. The van der Waals surface area contributed by atoms with Crippen molar-refractivity contribution in [3.8, 4) is 0 Å². The lowest BCUT2D eigenvalue weighted by Crippen LogP contribution is -2.06. The van der Waals surface area contributed by atoms with Crippen LogP contribution in [0.5, 0.6) is 0 Å². The first-order chi connectivity index (χ1) is 11.2. The van der Waals surface area contributed by atoms with Crippen LogP contribution in [0.4, 0.5) is 13.2 Å². The van der Waals surface area contributed by atoms with Gasteiger partial charge in [0.15, 0.2) is 0 Å². The minimum absolute atomic E-state index is 0.306. The Kier molecular flexibility index (Phi) is 4.26. The number of halogens is 5. The Morgan fingerprint density at radius 2 is 1.92 bits per heavy atom. The quantitative estimate of drug-likeness (QED) is 0.573. The molecule has 7 heteroatoms. The van der Waals surface area contributed by atoms with Crippen molar-refractivity contribution in [2.45, 2.75) is 19.5 Å². The van der Waals surface area contributed by atoms with E-state index >= 15 is 0 Å². The molecule has 125 valence electrons. The molecule has 3 aromatic rings. The predicted molar refractivity (Wildman–Crippen MR) is 88.6 cm³/mol. The summed E-state index contributed by atoms with van der Waals surface area (Å²) in [5, 5.41) is 1.47. The second-order valence-electron chi connectivity index (χ2n) is 5.61. The Morgan fingerprint density at radius 3 is 2.54 bits per heavy atom. The fourth-order valence-electron chi connectivity index (χ4n) is 2.74. The SMILES string of the molecule is Cc1cc(C(F)(F)F)cc2c1cc(Cc1c(Cl)[c]ncc1Cl)n2C. The van der Waals surface area contributed by atoms with Crippen LogP contribution >= 0.6 is 23.2 Å². The molecular weight excluding hydrogens is 360 g/mol. The number of alkyl halides is 3. The maximum absolute atomic E-state index is 13.0. The van der Waals surface area contributed by atoms with Crippen molar-refractivity contribution in [3.05, 3.63) is 63.0 Å². The van der Waals surface area contributed by atoms with E-state index in [9.17, 15) is 13.2 Å². The minimum atomic E-state index is -4.38. The largest absolute Gasteiger partial charge is 0.416 e. The molecule has 0 aliphatic heterocycles. The highest BCUT2D eigenvalue weighted by Crippen LogP contribution is 2.35. The van der Waals surface area contributed by atoms with Crippen LogP contribution in [-0.2, 0) is 19.6 Å². The van der Waals surface area contributed by atoms with Gasteiger partial charge in [0.1, 0.15) is 6.20 Å². The molecule has 0 saturated carbocycles. The zero-order chi connectivity index (χ0) is 17.6. The lowest BCUT2D eigenvalue weighted by Gasteiger charge is -2.10. The van der Waals surface area contributed by atoms with Crippen LogP contribution in [0.1, 0.15) is 22.4 Å². The Morgan fingerprint density at radius 1 is 1.21 bits per heavy atom. The maximum atomic E-state index is 13.0. The van der Waals surface area contributed by atoms with Crippen LogP contribution in [0.15, 0.2) is 24.4 Å². The number of benzene rings is 1. The zero-order valence-electron chi connectivity index (χ0n) is 12.8. The fourth-order valence-corrected chi connectivity index (χ4v) is 3.21. The molecule has 0 bridgehead atoms. The molecule has 0 spiro atoms. The van der Waals surface area contributed by atoms with E-state index in [1.54, 1.807) is 18.5 Å². The molecule has 0 fully saturated rings. The highest BCUT2D eigenvalue weighted by molar-refractivity contribution is 6.35. The van der Waals surface area contributed by atoms with Gasteiger partial charge < -0.3 is 4.57 Å². The van der Waals surface area contributed by atoms with Crippen molar-refractivity contribution in [1.82, 2.24) is 9.55 Å². The van der Waals surface area contributed by atoms with Gasteiger partial charge in [-0.15, -0.1) is 0 Å². The van der Waals surface area contributed by atoms with E-state index in [0.29, 0.717) is 33.1 Å². The summed E-state index contributed by atoms with van der Waals surface area (Å²) in [4.78, 5) is 3.78. The van der Waals surface area contributed by atoms with Gasteiger partial charge in [-0.3, -0.25) is 4.98 Å². The summed E-state index contributed by atoms with van der Waals surface area (Å²) in [5.74, 6) is 0. The average Bonchev–Trinajstić information content (AvgIpc) is 2.80. The number of hydrogen-bond acceptors (Lipinski definition) is 1. The monoisotopic (exact) mass is 371 g/mol. The third kappa shape index (κ3) is 2.98. The molecule has 1 aromatic carbocycles. The lowest BCUT2D eigenvalue weighted by atomic mass is 10.1. The number of nitrogens with zero attached hydrogens (tertiary/aromatic N) is 2. The van der Waals surface area contributed by atoms with Crippen LogP contribution in [0.2, 0.25) is 10.0 Å². The average molecular weight is 372 g/mol. The van der Waals surface area contributed by atoms with Crippen molar-refractivity contribution in [2.75, 3.05) is 0 Å². The first-order valence-corrected chi connectivity index (χ1v) is 7.80. The number of rotatable bonds is 2. The Labute approximate surface area is 146 Å². The molecule has 2 heterocycles. The van der Waals surface area contributed by atoms with Gasteiger partial charge in [0, 0.05) is 36.3 Å². The summed E-state index contributed by atoms with van der Waals surface area (Å²) in [7, 11) is 1.73. The predicted octanol–water partition coefficient (Wildman–Crippen LogP) is 5.60. The number of aromatic nitrogens is 2. The number of fused-ring (bicyclic) bond motifs is 1. The molecule has 0 amide bonds. The van der Waals surface area contributed by atoms with Crippen molar-refractivity contribution < 1.29 is 13.2 Å². The van der Waals surface area contributed by atoms with Gasteiger partial charge in [-0.05, 0) is 36.2 Å². The number of pyridine rings is 1. The molecule has 2 aromatic heterocycles. The standard InChI is InChI=1S/C17H12Cl2F3N2/c1-9-3-10(17(20,21)22)4-16-12(9)5-11(24(16)2)6-13-14(18)7-23-8-15(13)19/h3-5,7H,6H2,1-2H3. The molecule has 3 rings (SSSR count). The van der Waals surface area contributed by atoms with Gasteiger partial charge in [0.2, 0.25) is 0 Å². The van der Waals surface area contributed by atoms with Crippen molar-refractivity contribution in [2.24, 2.45) is 7.05 Å². The van der Waals surface area contributed by atoms with Crippen LogP contribution < -0.4 is 0 Å². The summed E-state index contributed by atoms with van der Waals surface area (Å²) < 4.78 is 40.8. The van der Waals surface area contributed by atoms with Crippen molar-refractivity contribution in [1.29, 1.82) is 0 Å². The highest BCUT2D eigenvalue weighted by atomic mass is 35.5. The van der Waals surface area contributed by atoms with Crippen molar-refractivity contribution >= 4 is 34.1 Å². The van der Waals surface area contributed by atoms with E-state index in [0.717, 1.165) is 23.2 Å². The molecule has 0 unspecified atom stereocenters. The van der Waals surface area contributed by atoms with Gasteiger partial charge in [-0.1, -0.05) is 23.2 Å². The highest BCUT2D eigenvalue weighted by Gasteiger charge is 2.31.